The van der Waals surface area contributed by atoms with E-state index in [1.54, 1.807) is 12.1 Å². The number of carbonyl (C=O) groups excluding carboxylic acids is 1. The van der Waals surface area contributed by atoms with Crippen LogP contribution in [0, 0.1) is 18.8 Å². The standard InChI is InChI=1S/C14H17NO2/c1-3-9-15-14(17)13-8-4-6-12(11(13)2)7-5-10-16/h4,6,8,16H,3,9-10H2,1-2H3,(H,15,17). The van der Waals surface area contributed by atoms with Crippen molar-refractivity contribution in [3.05, 3.63) is 34.9 Å². The predicted molar refractivity (Wildman–Crippen MR) is 67.8 cm³/mol. The third kappa shape index (κ3) is 3.61. The minimum absolute atomic E-state index is 0.0722. The van der Waals surface area contributed by atoms with Gasteiger partial charge in [0.25, 0.3) is 5.91 Å². The van der Waals surface area contributed by atoms with Gasteiger partial charge in [0, 0.05) is 17.7 Å². The summed E-state index contributed by atoms with van der Waals surface area (Å²) in [5.41, 5.74) is 2.27. The summed E-state index contributed by atoms with van der Waals surface area (Å²) < 4.78 is 0. The van der Waals surface area contributed by atoms with Gasteiger partial charge < -0.3 is 10.4 Å². The molecule has 0 aromatic heterocycles. The average molecular weight is 231 g/mol. The second kappa shape index (κ2) is 6.72. The highest BCUT2D eigenvalue weighted by Crippen LogP contribution is 2.12. The summed E-state index contributed by atoms with van der Waals surface area (Å²) >= 11 is 0. The van der Waals surface area contributed by atoms with Crippen molar-refractivity contribution >= 4 is 5.91 Å². The van der Waals surface area contributed by atoms with Gasteiger partial charge in [0.15, 0.2) is 0 Å². The Labute approximate surface area is 102 Å². The maximum atomic E-state index is 11.8. The van der Waals surface area contributed by atoms with E-state index in [-0.39, 0.29) is 12.5 Å². The molecule has 17 heavy (non-hydrogen) atoms. The molecule has 3 nitrogen and oxygen atoms in total. The summed E-state index contributed by atoms with van der Waals surface area (Å²) in [6.45, 7) is 4.37. The number of aliphatic hydroxyl groups excluding tert-OH is 1. The third-order valence-corrected chi connectivity index (χ3v) is 2.42. The van der Waals surface area contributed by atoms with Crippen LogP contribution in [0.2, 0.25) is 0 Å². The summed E-state index contributed by atoms with van der Waals surface area (Å²) in [5.74, 6) is 5.35. The summed E-state index contributed by atoms with van der Waals surface area (Å²) in [7, 11) is 0. The second-order valence-corrected chi connectivity index (χ2v) is 3.69. The van der Waals surface area contributed by atoms with Crippen LogP contribution in [0.3, 0.4) is 0 Å². The van der Waals surface area contributed by atoms with Crippen molar-refractivity contribution in [2.45, 2.75) is 20.3 Å². The fourth-order valence-electron chi connectivity index (χ4n) is 1.49. The molecule has 0 atom stereocenters. The number of amides is 1. The monoisotopic (exact) mass is 231 g/mol. The Morgan fingerprint density at radius 3 is 2.88 bits per heavy atom. The van der Waals surface area contributed by atoms with Crippen molar-refractivity contribution in [3.8, 4) is 11.8 Å². The molecule has 0 bridgehead atoms. The van der Waals surface area contributed by atoms with Gasteiger partial charge in [-0.25, -0.2) is 0 Å². The van der Waals surface area contributed by atoms with Gasteiger partial charge in [-0.1, -0.05) is 24.8 Å². The van der Waals surface area contributed by atoms with Gasteiger partial charge in [-0.05, 0) is 31.0 Å². The molecule has 0 aliphatic carbocycles. The zero-order chi connectivity index (χ0) is 12.7. The maximum absolute atomic E-state index is 11.8. The van der Waals surface area contributed by atoms with Crippen LogP contribution in [0.4, 0.5) is 0 Å². The fraction of sp³-hybridized carbons (Fsp3) is 0.357. The largest absolute Gasteiger partial charge is 0.384 e. The van der Waals surface area contributed by atoms with E-state index in [2.05, 4.69) is 17.2 Å². The predicted octanol–water partition coefficient (Wildman–Crippen LogP) is 1.48. The Bertz CT molecular complexity index is 455. The molecule has 1 amide bonds. The van der Waals surface area contributed by atoms with Crippen LogP contribution >= 0.6 is 0 Å². The lowest BCUT2D eigenvalue weighted by molar-refractivity contribution is 0.0953. The maximum Gasteiger partial charge on any atom is 0.251 e. The quantitative estimate of drug-likeness (QED) is 0.774. The highest BCUT2D eigenvalue weighted by molar-refractivity contribution is 5.96. The third-order valence-electron chi connectivity index (χ3n) is 2.42. The Morgan fingerprint density at radius 1 is 1.47 bits per heavy atom. The first-order chi connectivity index (χ1) is 8.20. The van der Waals surface area contributed by atoms with Crippen molar-refractivity contribution in [1.82, 2.24) is 5.32 Å². The summed E-state index contributed by atoms with van der Waals surface area (Å²) in [5, 5.41) is 11.5. The molecule has 0 aliphatic heterocycles. The van der Waals surface area contributed by atoms with Gasteiger partial charge in [0.1, 0.15) is 6.61 Å². The van der Waals surface area contributed by atoms with E-state index in [0.717, 1.165) is 17.5 Å². The highest BCUT2D eigenvalue weighted by Gasteiger charge is 2.09. The fourth-order valence-corrected chi connectivity index (χ4v) is 1.49. The molecule has 0 saturated carbocycles. The molecule has 0 fully saturated rings. The Balaban J connectivity index is 2.97. The van der Waals surface area contributed by atoms with Gasteiger partial charge in [-0.15, -0.1) is 0 Å². The van der Waals surface area contributed by atoms with Crippen LogP contribution in [0.15, 0.2) is 18.2 Å². The van der Waals surface area contributed by atoms with E-state index < -0.39 is 0 Å². The van der Waals surface area contributed by atoms with Gasteiger partial charge >= 0.3 is 0 Å². The molecular weight excluding hydrogens is 214 g/mol. The van der Waals surface area contributed by atoms with Crippen LogP contribution < -0.4 is 5.32 Å². The highest BCUT2D eigenvalue weighted by atomic mass is 16.2. The molecule has 0 spiro atoms. The Hall–Kier alpha value is -1.79. The summed E-state index contributed by atoms with van der Waals surface area (Å²) in [6.07, 6.45) is 0.912. The SMILES string of the molecule is CCCNC(=O)c1cccc(C#CCO)c1C. The summed E-state index contributed by atoms with van der Waals surface area (Å²) in [6, 6.07) is 5.42. The first-order valence-electron chi connectivity index (χ1n) is 5.68. The van der Waals surface area contributed by atoms with Crippen molar-refractivity contribution in [1.29, 1.82) is 0 Å². The molecular formula is C14H17NO2. The number of nitrogens with one attached hydrogen (secondary N) is 1. The second-order valence-electron chi connectivity index (χ2n) is 3.69. The van der Waals surface area contributed by atoms with Crippen molar-refractivity contribution < 1.29 is 9.90 Å². The van der Waals surface area contributed by atoms with Crippen LogP contribution in [0.5, 0.6) is 0 Å². The lowest BCUT2D eigenvalue weighted by atomic mass is 10.0. The van der Waals surface area contributed by atoms with E-state index in [0.29, 0.717) is 12.1 Å². The van der Waals surface area contributed by atoms with Gasteiger partial charge in [-0.2, -0.15) is 0 Å². The van der Waals surface area contributed by atoms with Crippen molar-refractivity contribution in [2.24, 2.45) is 0 Å². The lowest BCUT2D eigenvalue weighted by Crippen LogP contribution is -2.24. The zero-order valence-corrected chi connectivity index (χ0v) is 10.2. The molecule has 1 rings (SSSR count). The zero-order valence-electron chi connectivity index (χ0n) is 10.2. The number of benzene rings is 1. The molecule has 2 N–H and O–H groups in total. The van der Waals surface area contributed by atoms with Crippen LogP contribution in [-0.4, -0.2) is 24.2 Å². The van der Waals surface area contributed by atoms with Crippen LogP contribution in [0.1, 0.15) is 34.8 Å². The van der Waals surface area contributed by atoms with Crippen molar-refractivity contribution in [2.75, 3.05) is 13.2 Å². The molecule has 0 saturated heterocycles. The molecule has 0 aliphatic rings. The minimum atomic E-state index is -0.175. The van der Waals surface area contributed by atoms with E-state index in [9.17, 15) is 4.79 Å². The Kier molecular flexibility index (Phi) is 5.25. The van der Waals surface area contributed by atoms with Gasteiger partial charge in [0.2, 0.25) is 0 Å². The van der Waals surface area contributed by atoms with Crippen LogP contribution in [0.25, 0.3) is 0 Å². The normalized spacial score (nSPS) is 9.35. The molecule has 0 unspecified atom stereocenters. The first kappa shape index (κ1) is 13.3. The number of aliphatic hydroxyl groups is 1. The molecule has 0 radical (unpaired) electrons. The topological polar surface area (TPSA) is 49.3 Å². The molecule has 90 valence electrons. The molecule has 1 aromatic rings. The van der Waals surface area contributed by atoms with Gasteiger partial charge in [0.05, 0.1) is 0 Å². The number of hydrogen-bond acceptors (Lipinski definition) is 2. The van der Waals surface area contributed by atoms with E-state index in [1.807, 2.05) is 19.9 Å². The number of carbonyl (C=O) groups is 1. The van der Waals surface area contributed by atoms with E-state index >= 15 is 0 Å². The summed E-state index contributed by atoms with van der Waals surface area (Å²) in [4.78, 5) is 11.8. The van der Waals surface area contributed by atoms with Crippen LogP contribution in [-0.2, 0) is 0 Å². The molecule has 3 heteroatoms. The van der Waals surface area contributed by atoms with E-state index in [1.165, 1.54) is 0 Å². The number of hydrogen-bond donors (Lipinski definition) is 2. The van der Waals surface area contributed by atoms with Crippen molar-refractivity contribution in [3.63, 3.8) is 0 Å². The first-order valence-corrected chi connectivity index (χ1v) is 5.68. The van der Waals surface area contributed by atoms with Gasteiger partial charge in [-0.3, -0.25) is 4.79 Å². The minimum Gasteiger partial charge on any atom is -0.384 e. The lowest BCUT2D eigenvalue weighted by Gasteiger charge is -2.08. The van der Waals surface area contributed by atoms with E-state index in [4.69, 9.17) is 5.11 Å². The Morgan fingerprint density at radius 2 is 2.24 bits per heavy atom. The number of rotatable bonds is 3. The smallest absolute Gasteiger partial charge is 0.251 e. The average Bonchev–Trinajstić information content (AvgIpc) is 2.34. The molecule has 1 aromatic carbocycles. The molecule has 0 heterocycles.